The summed E-state index contributed by atoms with van der Waals surface area (Å²) < 4.78 is 4.26. The highest BCUT2D eigenvalue weighted by atomic mass is 79.9. The van der Waals surface area contributed by atoms with Crippen molar-refractivity contribution in [2.45, 2.75) is 6.92 Å². The molecule has 0 heterocycles. The average Bonchev–Trinajstić information content (AvgIpc) is 2.29. The molecule has 0 aliphatic heterocycles. The second-order valence-corrected chi connectivity index (χ2v) is 7.14. The fourth-order valence-corrected chi connectivity index (χ4v) is 4.34. The minimum Gasteiger partial charge on any atom is -0.366 e. The number of primary amides is 1. The predicted octanol–water partition coefficient (Wildman–Crippen LogP) is 5.39. The minimum absolute atomic E-state index is 0.445. The van der Waals surface area contributed by atoms with Crippen molar-refractivity contribution in [1.29, 1.82) is 0 Å². The molecule has 0 bridgehead atoms. The maximum Gasteiger partial charge on any atom is 0.244 e. The lowest BCUT2D eigenvalue weighted by molar-refractivity contribution is -0.114. The van der Waals surface area contributed by atoms with E-state index in [4.69, 9.17) is 5.73 Å². The Bertz CT molecular complexity index is 495. The topological polar surface area (TPSA) is 43.1 Å². The fraction of sp³-hybridized carbons (Fsp3) is 0.100. The molecule has 0 unspecified atom stereocenters. The van der Waals surface area contributed by atoms with Crippen molar-refractivity contribution in [1.82, 2.24) is 0 Å². The van der Waals surface area contributed by atoms with Crippen molar-refractivity contribution in [3.8, 4) is 0 Å². The molecule has 17 heavy (non-hydrogen) atoms. The first-order valence-electron chi connectivity index (χ1n) is 4.27. The number of rotatable bonds is 2. The molecule has 0 spiro atoms. The molecule has 0 radical (unpaired) electrons. The van der Waals surface area contributed by atoms with Gasteiger partial charge in [-0.15, -0.1) is 0 Å². The summed E-state index contributed by atoms with van der Waals surface area (Å²) in [5.41, 5.74) is 6.53. The quantitative estimate of drug-likeness (QED) is 0.297. The third kappa shape index (κ3) is 3.43. The minimum atomic E-state index is -0.445. The van der Waals surface area contributed by atoms with Gasteiger partial charge in [-0.05, 0) is 92.6 Å². The van der Waals surface area contributed by atoms with Crippen LogP contribution in [0.25, 0.3) is 6.08 Å². The van der Waals surface area contributed by atoms with Crippen molar-refractivity contribution in [3.63, 3.8) is 0 Å². The monoisotopic (exact) mass is 551 g/mol. The Kier molecular flexibility index (Phi) is 5.91. The van der Waals surface area contributed by atoms with Crippen LogP contribution in [0.15, 0.2) is 27.9 Å². The van der Waals surface area contributed by atoms with E-state index in [0.29, 0.717) is 5.57 Å². The molecule has 0 aliphatic carbocycles. The van der Waals surface area contributed by atoms with Gasteiger partial charge in [-0.1, -0.05) is 0 Å². The van der Waals surface area contributed by atoms with E-state index in [2.05, 4.69) is 79.6 Å². The number of carbonyl (C=O) groups excluding carboxylic acids is 1. The number of hydrogen-bond donors (Lipinski definition) is 1. The van der Waals surface area contributed by atoms with Gasteiger partial charge in [0.2, 0.25) is 5.91 Å². The van der Waals surface area contributed by atoms with Gasteiger partial charge in [0.05, 0.1) is 0 Å². The van der Waals surface area contributed by atoms with E-state index < -0.39 is 5.91 Å². The highest BCUT2D eigenvalue weighted by molar-refractivity contribution is 9.15. The second-order valence-electron chi connectivity index (χ2n) is 3.18. The number of nitrogens with two attached hydrogens (primary N) is 1. The van der Waals surface area contributed by atoms with Gasteiger partial charge in [0.15, 0.2) is 0 Å². The van der Waals surface area contributed by atoms with Crippen LogP contribution < -0.4 is 5.73 Å². The number of halogens is 5. The summed E-state index contributed by atoms with van der Waals surface area (Å²) in [7, 11) is 0. The van der Waals surface area contributed by atoms with Crippen LogP contribution in [-0.4, -0.2) is 5.91 Å². The van der Waals surface area contributed by atoms with Crippen molar-refractivity contribution in [2.24, 2.45) is 5.73 Å². The zero-order valence-electron chi connectivity index (χ0n) is 8.45. The van der Waals surface area contributed by atoms with E-state index in [0.717, 1.165) is 27.9 Å². The van der Waals surface area contributed by atoms with Gasteiger partial charge in [0.1, 0.15) is 0 Å². The van der Waals surface area contributed by atoms with E-state index in [1.807, 2.05) is 0 Å². The highest BCUT2D eigenvalue weighted by Gasteiger charge is 2.16. The third-order valence-electron chi connectivity index (χ3n) is 1.99. The Morgan fingerprint density at radius 1 is 0.941 bits per heavy atom. The Labute approximate surface area is 141 Å². The summed E-state index contributed by atoms with van der Waals surface area (Å²) in [6.45, 7) is 1.67. The molecule has 0 fully saturated rings. The molecular formula is C10H6Br5NO. The van der Waals surface area contributed by atoms with Gasteiger partial charge < -0.3 is 5.73 Å². The highest BCUT2D eigenvalue weighted by Crippen LogP contribution is 2.45. The molecule has 0 atom stereocenters. The van der Waals surface area contributed by atoms with Crippen LogP contribution in [0.3, 0.4) is 0 Å². The summed E-state index contributed by atoms with van der Waals surface area (Å²) in [4.78, 5) is 11.1. The van der Waals surface area contributed by atoms with E-state index in [-0.39, 0.29) is 0 Å². The molecule has 0 saturated carbocycles. The van der Waals surface area contributed by atoms with Crippen LogP contribution in [0.4, 0.5) is 0 Å². The van der Waals surface area contributed by atoms with E-state index in [1.54, 1.807) is 13.0 Å². The van der Waals surface area contributed by atoms with Crippen LogP contribution >= 0.6 is 79.6 Å². The standard InChI is InChI=1S/C10H6Br5NO/c1-3(10(16)17)2-4-5(11)7(13)9(15)8(14)6(4)12/h2H,1H3,(H2,16,17). The lowest BCUT2D eigenvalue weighted by Gasteiger charge is -2.11. The van der Waals surface area contributed by atoms with Crippen LogP contribution in [0.2, 0.25) is 0 Å². The predicted molar refractivity (Wildman–Crippen MR) is 87.8 cm³/mol. The molecule has 0 aromatic heterocycles. The first-order valence-corrected chi connectivity index (χ1v) is 8.23. The average molecular weight is 556 g/mol. The molecular weight excluding hydrogens is 550 g/mol. The SMILES string of the molecule is CC(=Cc1c(Br)c(Br)c(Br)c(Br)c1Br)C(N)=O. The Morgan fingerprint density at radius 2 is 1.29 bits per heavy atom. The zero-order valence-corrected chi connectivity index (χ0v) is 16.4. The van der Waals surface area contributed by atoms with Gasteiger partial charge in [-0.2, -0.15) is 0 Å². The first-order chi connectivity index (χ1) is 7.77. The molecule has 1 aromatic rings. The van der Waals surface area contributed by atoms with Crippen molar-refractivity contribution < 1.29 is 4.79 Å². The van der Waals surface area contributed by atoms with Crippen molar-refractivity contribution in [3.05, 3.63) is 33.5 Å². The lowest BCUT2D eigenvalue weighted by atomic mass is 10.1. The Hall–Kier alpha value is 0.830. The van der Waals surface area contributed by atoms with E-state index in [1.165, 1.54) is 0 Å². The summed E-state index contributed by atoms with van der Waals surface area (Å²) in [6.07, 6.45) is 1.72. The molecule has 2 N–H and O–H groups in total. The Balaban J connectivity index is 3.56. The first kappa shape index (κ1) is 15.9. The van der Waals surface area contributed by atoms with E-state index >= 15 is 0 Å². The molecule has 1 aromatic carbocycles. The molecule has 7 heteroatoms. The van der Waals surface area contributed by atoms with Gasteiger partial charge in [-0.25, -0.2) is 0 Å². The van der Waals surface area contributed by atoms with Crippen molar-refractivity contribution >= 4 is 91.6 Å². The summed E-state index contributed by atoms with van der Waals surface area (Å²) in [6, 6.07) is 0. The normalized spacial score (nSPS) is 11.8. The fourth-order valence-electron chi connectivity index (χ4n) is 1.04. The van der Waals surface area contributed by atoms with Gasteiger partial charge in [0, 0.05) is 33.5 Å². The van der Waals surface area contributed by atoms with Crippen LogP contribution in [0, 0.1) is 0 Å². The van der Waals surface area contributed by atoms with Crippen LogP contribution in [-0.2, 0) is 4.79 Å². The number of benzene rings is 1. The molecule has 1 rings (SSSR count). The number of carbonyl (C=O) groups is 1. The maximum atomic E-state index is 11.1. The third-order valence-corrected chi connectivity index (χ3v) is 8.15. The number of amides is 1. The number of hydrogen-bond acceptors (Lipinski definition) is 1. The summed E-state index contributed by atoms with van der Waals surface area (Å²) in [5.74, 6) is -0.445. The lowest BCUT2D eigenvalue weighted by Crippen LogP contribution is -2.11. The van der Waals surface area contributed by atoms with Gasteiger partial charge >= 0.3 is 0 Å². The molecule has 0 saturated heterocycles. The molecule has 2 nitrogen and oxygen atoms in total. The van der Waals surface area contributed by atoms with Crippen LogP contribution in [0.5, 0.6) is 0 Å². The zero-order chi connectivity index (χ0) is 13.3. The van der Waals surface area contributed by atoms with Gasteiger partial charge in [0.25, 0.3) is 0 Å². The summed E-state index contributed by atoms with van der Waals surface area (Å²) >= 11 is 17.3. The Morgan fingerprint density at radius 3 is 1.65 bits per heavy atom. The molecule has 92 valence electrons. The molecule has 1 amide bonds. The van der Waals surface area contributed by atoms with E-state index in [9.17, 15) is 4.79 Å². The van der Waals surface area contributed by atoms with Gasteiger partial charge in [-0.3, -0.25) is 4.79 Å². The largest absolute Gasteiger partial charge is 0.366 e. The smallest absolute Gasteiger partial charge is 0.244 e. The van der Waals surface area contributed by atoms with Crippen molar-refractivity contribution in [2.75, 3.05) is 0 Å². The van der Waals surface area contributed by atoms with Crippen LogP contribution in [0.1, 0.15) is 12.5 Å². The maximum absolute atomic E-state index is 11.1. The molecule has 0 aliphatic rings. The summed E-state index contributed by atoms with van der Waals surface area (Å²) in [5, 5.41) is 0. The second kappa shape index (κ2) is 6.32.